The molecule has 1 heterocycles. The first-order valence-electron chi connectivity index (χ1n) is 8.73. The van der Waals surface area contributed by atoms with Crippen LogP contribution in [0.15, 0.2) is 36.7 Å². The number of amides is 1. The number of ether oxygens (including phenoxy) is 1. The van der Waals surface area contributed by atoms with Crippen LogP contribution < -0.4 is 15.4 Å². The topological polar surface area (TPSA) is 79.4 Å². The van der Waals surface area contributed by atoms with E-state index in [1.54, 1.807) is 12.1 Å². The molecule has 2 N–H and O–H groups in total. The SMILES string of the molecule is CC(C)Oc1ccccc1NC(=O)c1cc(NCCCN(C)C)ncn1. The van der Waals surface area contributed by atoms with Gasteiger partial charge in [0.2, 0.25) is 0 Å². The zero-order valence-electron chi connectivity index (χ0n) is 15.8. The van der Waals surface area contributed by atoms with Crippen LogP contribution in [0.25, 0.3) is 0 Å². The molecule has 2 aromatic rings. The van der Waals surface area contributed by atoms with E-state index in [4.69, 9.17) is 4.74 Å². The van der Waals surface area contributed by atoms with Gasteiger partial charge in [0.15, 0.2) is 0 Å². The lowest BCUT2D eigenvalue weighted by Gasteiger charge is -2.14. The Kier molecular flexibility index (Phi) is 7.35. The summed E-state index contributed by atoms with van der Waals surface area (Å²) in [6.45, 7) is 5.65. The molecule has 140 valence electrons. The third kappa shape index (κ3) is 6.33. The van der Waals surface area contributed by atoms with Crippen LogP contribution in [0.2, 0.25) is 0 Å². The largest absolute Gasteiger partial charge is 0.489 e. The maximum absolute atomic E-state index is 12.5. The van der Waals surface area contributed by atoms with Gasteiger partial charge in [-0.05, 0) is 53.0 Å². The number of carbonyl (C=O) groups is 1. The zero-order chi connectivity index (χ0) is 18.9. The van der Waals surface area contributed by atoms with Crippen molar-refractivity contribution in [2.45, 2.75) is 26.4 Å². The van der Waals surface area contributed by atoms with E-state index < -0.39 is 0 Å². The van der Waals surface area contributed by atoms with Gasteiger partial charge in [0.1, 0.15) is 23.6 Å². The minimum Gasteiger partial charge on any atom is -0.489 e. The summed E-state index contributed by atoms with van der Waals surface area (Å²) in [5, 5.41) is 6.07. The number of hydrogen-bond donors (Lipinski definition) is 2. The van der Waals surface area contributed by atoms with Crippen molar-refractivity contribution in [2.75, 3.05) is 37.8 Å². The van der Waals surface area contributed by atoms with Crippen LogP contribution in [0.5, 0.6) is 5.75 Å². The lowest BCUT2D eigenvalue weighted by molar-refractivity contribution is 0.102. The Morgan fingerprint density at radius 1 is 1.23 bits per heavy atom. The summed E-state index contributed by atoms with van der Waals surface area (Å²) in [5.74, 6) is 0.964. The number of carbonyl (C=O) groups excluding carboxylic acids is 1. The summed E-state index contributed by atoms with van der Waals surface area (Å²) in [5.41, 5.74) is 0.916. The molecule has 0 aliphatic carbocycles. The Bertz CT molecular complexity index is 719. The molecule has 0 aliphatic rings. The highest BCUT2D eigenvalue weighted by molar-refractivity contribution is 6.04. The highest BCUT2D eigenvalue weighted by atomic mass is 16.5. The molecule has 0 unspecified atom stereocenters. The van der Waals surface area contributed by atoms with Gasteiger partial charge in [-0.15, -0.1) is 0 Å². The van der Waals surface area contributed by atoms with Crippen LogP contribution in [0, 0.1) is 0 Å². The van der Waals surface area contributed by atoms with Gasteiger partial charge < -0.3 is 20.3 Å². The predicted molar refractivity (Wildman–Crippen MR) is 104 cm³/mol. The maximum Gasteiger partial charge on any atom is 0.274 e. The molecule has 1 aromatic heterocycles. The van der Waals surface area contributed by atoms with Crippen LogP contribution in [0.1, 0.15) is 30.8 Å². The highest BCUT2D eigenvalue weighted by Gasteiger charge is 2.12. The molecule has 2 rings (SSSR count). The normalized spacial score (nSPS) is 10.8. The Morgan fingerprint density at radius 3 is 2.73 bits per heavy atom. The Labute approximate surface area is 154 Å². The van der Waals surface area contributed by atoms with E-state index in [1.165, 1.54) is 6.33 Å². The van der Waals surface area contributed by atoms with Crippen molar-refractivity contribution in [1.29, 1.82) is 0 Å². The van der Waals surface area contributed by atoms with E-state index >= 15 is 0 Å². The zero-order valence-corrected chi connectivity index (χ0v) is 15.8. The minimum atomic E-state index is -0.302. The van der Waals surface area contributed by atoms with Crippen molar-refractivity contribution in [2.24, 2.45) is 0 Å². The first-order valence-corrected chi connectivity index (χ1v) is 8.73. The van der Waals surface area contributed by atoms with Gasteiger partial charge in [-0.1, -0.05) is 12.1 Å². The van der Waals surface area contributed by atoms with Gasteiger partial charge in [0, 0.05) is 12.6 Å². The van der Waals surface area contributed by atoms with E-state index in [9.17, 15) is 4.79 Å². The van der Waals surface area contributed by atoms with Gasteiger partial charge >= 0.3 is 0 Å². The van der Waals surface area contributed by atoms with E-state index in [0.717, 1.165) is 19.5 Å². The molecule has 0 bridgehead atoms. The number of rotatable bonds is 9. The molecule has 7 heteroatoms. The molecular weight excluding hydrogens is 330 g/mol. The van der Waals surface area contributed by atoms with Crippen molar-refractivity contribution in [3.05, 3.63) is 42.4 Å². The first kappa shape index (κ1) is 19.7. The lowest BCUT2D eigenvalue weighted by Crippen LogP contribution is -2.18. The number of anilines is 2. The average Bonchev–Trinajstić information content (AvgIpc) is 2.60. The molecule has 7 nitrogen and oxygen atoms in total. The Balaban J connectivity index is 2.01. The molecule has 0 atom stereocenters. The molecular formula is C19H27N5O2. The molecule has 0 saturated heterocycles. The van der Waals surface area contributed by atoms with Crippen LogP contribution in [-0.4, -0.2) is 54.1 Å². The summed E-state index contributed by atoms with van der Waals surface area (Å²) >= 11 is 0. The molecule has 0 fully saturated rings. The summed E-state index contributed by atoms with van der Waals surface area (Å²) in [7, 11) is 4.07. The van der Waals surface area contributed by atoms with Crippen molar-refractivity contribution in [3.8, 4) is 5.75 Å². The molecule has 0 saturated carbocycles. The molecule has 0 radical (unpaired) electrons. The third-order valence-corrected chi connectivity index (χ3v) is 3.49. The molecule has 1 amide bonds. The first-order chi connectivity index (χ1) is 12.5. The monoisotopic (exact) mass is 357 g/mol. The fraction of sp³-hybridized carbons (Fsp3) is 0.421. The summed E-state index contributed by atoms with van der Waals surface area (Å²) < 4.78 is 5.73. The average molecular weight is 357 g/mol. The van der Waals surface area contributed by atoms with E-state index in [0.29, 0.717) is 22.9 Å². The third-order valence-electron chi connectivity index (χ3n) is 3.49. The van der Waals surface area contributed by atoms with Crippen molar-refractivity contribution < 1.29 is 9.53 Å². The van der Waals surface area contributed by atoms with Gasteiger partial charge in [-0.3, -0.25) is 4.79 Å². The van der Waals surface area contributed by atoms with Gasteiger partial charge in [-0.2, -0.15) is 0 Å². The summed E-state index contributed by atoms with van der Waals surface area (Å²) in [6, 6.07) is 9.00. The summed E-state index contributed by atoms with van der Waals surface area (Å²) in [6.07, 6.45) is 2.39. The van der Waals surface area contributed by atoms with Crippen molar-refractivity contribution in [1.82, 2.24) is 14.9 Å². The van der Waals surface area contributed by atoms with E-state index in [2.05, 4.69) is 25.5 Å². The standard InChI is InChI=1S/C19H27N5O2/c1-14(2)26-17-9-6-5-8-15(17)23-19(25)16-12-18(22-13-21-16)20-10-7-11-24(3)4/h5-6,8-9,12-14H,7,10-11H2,1-4H3,(H,23,25)(H,20,21,22). The van der Waals surface area contributed by atoms with Crippen LogP contribution in [0.4, 0.5) is 11.5 Å². The number of nitrogens with zero attached hydrogens (tertiary/aromatic N) is 3. The fourth-order valence-electron chi connectivity index (χ4n) is 2.30. The minimum absolute atomic E-state index is 0.0186. The molecule has 0 aliphatic heterocycles. The fourth-order valence-corrected chi connectivity index (χ4v) is 2.30. The second-order valence-corrected chi connectivity index (χ2v) is 6.49. The number of para-hydroxylation sites is 2. The number of benzene rings is 1. The molecule has 1 aromatic carbocycles. The number of hydrogen-bond acceptors (Lipinski definition) is 6. The van der Waals surface area contributed by atoms with Crippen LogP contribution >= 0.6 is 0 Å². The summed E-state index contributed by atoms with van der Waals surface area (Å²) in [4.78, 5) is 22.9. The van der Waals surface area contributed by atoms with E-state index in [1.807, 2.05) is 46.1 Å². The molecule has 26 heavy (non-hydrogen) atoms. The quantitative estimate of drug-likeness (QED) is 0.672. The van der Waals surface area contributed by atoms with Crippen molar-refractivity contribution >= 4 is 17.4 Å². The smallest absolute Gasteiger partial charge is 0.274 e. The van der Waals surface area contributed by atoms with E-state index in [-0.39, 0.29) is 12.0 Å². The highest BCUT2D eigenvalue weighted by Crippen LogP contribution is 2.25. The van der Waals surface area contributed by atoms with Crippen LogP contribution in [0.3, 0.4) is 0 Å². The Hall–Kier alpha value is -2.67. The van der Waals surface area contributed by atoms with Gasteiger partial charge in [0.25, 0.3) is 5.91 Å². The van der Waals surface area contributed by atoms with Crippen LogP contribution in [-0.2, 0) is 0 Å². The second kappa shape index (κ2) is 9.72. The molecule has 0 spiro atoms. The lowest BCUT2D eigenvalue weighted by atomic mass is 10.2. The number of aromatic nitrogens is 2. The van der Waals surface area contributed by atoms with Gasteiger partial charge in [0.05, 0.1) is 11.8 Å². The van der Waals surface area contributed by atoms with Crippen molar-refractivity contribution in [3.63, 3.8) is 0 Å². The Morgan fingerprint density at radius 2 is 2.00 bits per heavy atom. The second-order valence-electron chi connectivity index (χ2n) is 6.49. The predicted octanol–water partition coefficient (Wildman–Crippen LogP) is 2.88. The van der Waals surface area contributed by atoms with Gasteiger partial charge in [-0.25, -0.2) is 9.97 Å². The number of nitrogens with one attached hydrogen (secondary N) is 2. The maximum atomic E-state index is 12.5.